The molecule has 4 saturated carbocycles. The van der Waals surface area contributed by atoms with Crippen LogP contribution in [0.25, 0.3) is 0 Å². The van der Waals surface area contributed by atoms with Gasteiger partial charge >= 0.3 is 0 Å². The molecule has 3 heteroatoms. The van der Waals surface area contributed by atoms with Gasteiger partial charge in [-0.1, -0.05) is 19.8 Å². The molecule has 5 fully saturated rings. The Balaban J connectivity index is 1.23. The van der Waals surface area contributed by atoms with Gasteiger partial charge in [0, 0.05) is 12.0 Å². The van der Waals surface area contributed by atoms with Crippen molar-refractivity contribution in [3.63, 3.8) is 0 Å². The summed E-state index contributed by atoms with van der Waals surface area (Å²) in [5.41, 5.74) is 2.41. The van der Waals surface area contributed by atoms with Crippen LogP contribution in [0.5, 0.6) is 0 Å². The third-order valence-corrected chi connectivity index (χ3v) is 11.4. The highest BCUT2D eigenvalue weighted by molar-refractivity contribution is 5.23. The van der Waals surface area contributed by atoms with Crippen LogP contribution in [0.4, 0.5) is 0 Å². The van der Waals surface area contributed by atoms with Gasteiger partial charge in [0.1, 0.15) is 0 Å². The van der Waals surface area contributed by atoms with Crippen molar-refractivity contribution in [2.75, 3.05) is 32.8 Å². The molecule has 7 atom stereocenters. The predicted octanol–water partition coefficient (Wildman–Crippen LogP) is 6.89. The molecule has 178 valence electrons. The quantitative estimate of drug-likeness (QED) is 0.451. The van der Waals surface area contributed by atoms with Crippen molar-refractivity contribution < 1.29 is 9.15 Å². The monoisotopic (exact) mass is 439 g/mol. The van der Waals surface area contributed by atoms with Crippen LogP contribution in [0.3, 0.4) is 0 Å². The first-order valence-corrected chi connectivity index (χ1v) is 14.0. The minimum atomic E-state index is 0.341. The molecule has 3 nitrogen and oxygen atoms in total. The summed E-state index contributed by atoms with van der Waals surface area (Å²) in [6.45, 7) is 8.28. The van der Waals surface area contributed by atoms with Crippen LogP contribution in [-0.2, 0) is 4.74 Å². The molecular weight excluding hydrogens is 394 g/mol. The highest BCUT2D eigenvalue weighted by Crippen LogP contribution is 2.69. The molecule has 0 radical (unpaired) electrons. The second-order valence-corrected chi connectivity index (χ2v) is 12.5. The summed E-state index contributed by atoms with van der Waals surface area (Å²) in [5, 5.41) is 0. The largest absolute Gasteiger partial charge is 0.472 e. The predicted molar refractivity (Wildman–Crippen MR) is 129 cm³/mol. The lowest BCUT2D eigenvalue weighted by atomic mass is 9.44. The Morgan fingerprint density at radius 3 is 2.72 bits per heavy atom. The third kappa shape index (κ3) is 3.52. The van der Waals surface area contributed by atoms with E-state index in [1.54, 1.807) is 0 Å². The van der Waals surface area contributed by atoms with Gasteiger partial charge in [0.05, 0.1) is 25.7 Å². The highest BCUT2D eigenvalue weighted by Gasteiger charge is 2.61. The van der Waals surface area contributed by atoms with Gasteiger partial charge < -0.3 is 14.1 Å². The van der Waals surface area contributed by atoms with Crippen molar-refractivity contribution in [2.24, 2.45) is 34.5 Å². The van der Waals surface area contributed by atoms with Gasteiger partial charge in [-0.2, -0.15) is 0 Å². The van der Waals surface area contributed by atoms with E-state index in [1.807, 2.05) is 12.5 Å². The zero-order valence-electron chi connectivity index (χ0n) is 20.4. The summed E-state index contributed by atoms with van der Waals surface area (Å²) in [6.07, 6.45) is 21.2. The van der Waals surface area contributed by atoms with E-state index in [1.165, 1.54) is 95.7 Å². The van der Waals surface area contributed by atoms with Crippen molar-refractivity contribution in [3.8, 4) is 0 Å². The number of ether oxygens (including phenoxy) is 1. The molecule has 2 heterocycles. The van der Waals surface area contributed by atoms with E-state index >= 15 is 0 Å². The summed E-state index contributed by atoms with van der Waals surface area (Å²) in [7, 11) is 0. The topological polar surface area (TPSA) is 25.6 Å². The third-order valence-electron chi connectivity index (χ3n) is 11.4. The van der Waals surface area contributed by atoms with Crippen LogP contribution in [0.2, 0.25) is 0 Å². The Kier molecular flexibility index (Phi) is 5.95. The molecule has 0 amide bonds. The van der Waals surface area contributed by atoms with Gasteiger partial charge in [0.2, 0.25) is 0 Å². The van der Waals surface area contributed by atoms with Crippen LogP contribution >= 0.6 is 0 Å². The summed E-state index contributed by atoms with van der Waals surface area (Å²) < 4.78 is 12.2. The zero-order valence-corrected chi connectivity index (χ0v) is 20.4. The van der Waals surface area contributed by atoms with E-state index in [0.29, 0.717) is 16.7 Å². The van der Waals surface area contributed by atoms with Gasteiger partial charge in [0.25, 0.3) is 0 Å². The minimum absolute atomic E-state index is 0.341. The molecule has 1 aromatic rings. The molecule has 0 spiro atoms. The average molecular weight is 440 g/mol. The molecule has 4 aliphatic carbocycles. The number of likely N-dealkylation sites (tertiary alicyclic amines) is 1. The normalized spacial score (nSPS) is 44.2. The second-order valence-electron chi connectivity index (χ2n) is 12.5. The lowest BCUT2D eigenvalue weighted by Gasteiger charge is -2.61. The van der Waals surface area contributed by atoms with Crippen molar-refractivity contribution in [3.05, 3.63) is 24.2 Å². The van der Waals surface area contributed by atoms with Gasteiger partial charge in [0.15, 0.2) is 0 Å². The number of hydrogen-bond acceptors (Lipinski definition) is 3. The maximum absolute atomic E-state index is 6.61. The standard InChI is InChI=1S/C29H45NO2/c1-28-13-3-2-6-23(28)7-8-24-26(28)11-14-29(21-32-19-17-30-15-4-5-16-30)25(9-10-27(24)29)22-12-18-31-20-22/h12,18,20,23-27H,2-11,13-17,19,21H2,1H3/t23?,24-,25+,26+,27+,28+,29+/m1/s1. The maximum atomic E-state index is 6.61. The first kappa shape index (κ1) is 21.7. The van der Waals surface area contributed by atoms with Gasteiger partial charge in [-0.25, -0.2) is 0 Å². The molecule has 6 rings (SSSR count). The Morgan fingerprint density at radius 2 is 1.88 bits per heavy atom. The van der Waals surface area contributed by atoms with Gasteiger partial charge in [-0.15, -0.1) is 0 Å². The Labute approximate surface area is 195 Å². The lowest BCUT2D eigenvalue weighted by molar-refractivity contribution is -0.128. The molecule has 0 aromatic carbocycles. The van der Waals surface area contributed by atoms with E-state index < -0.39 is 0 Å². The molecule has 32 heavy (non-hydrogen) atoms. The minimum Gasteiger partial charge on any atom is -0.472 e. The molecule has 0 N–H and O–H groups in total. The molecule has 0 bridgehead atoms. The number of nitrogens with zero attached hydrogens (tertiary/aromatic N) is 1. The molecule has 5 aliphatic rings. The number of rotatable bonds is 6. The van der Waals surface area contributed by atoms with Crippen molar-refractivity contribution in [1.29, 1.82) is 0 Å². The van der Waals surface area contributed by atoms with Crippen LogP contribution in [-0.4, -0.2) is 37.7 Å². The highest BCUT2D eigenvalue weighted by atomic mass is 16.5. The van der Waals surface area contributed by atoms with E-state index in [0.717, 1.165) is 43.4 Å². The number of furan rings is 1. The number of hydrogen-bond donors (Lipinski definition) is 0. The number of fused-ring (bicyclic) bond motifs is 5. The lowest BCUT2D eigenvalue weighted by Crippen LogP contribution is -2.54. The van der Waals surface area contributed by atoms with E-state index in [2.05, 4.69) is 17.9 Å². The fourth-order valence-electron chi connectivity index (χ4n) is 9.82. The van der Waals surface area contributed by atoms with E-state index in [9.17, 15) is 0 Å². The smallest absolute Gasteiger partial charge is 0.0937 e. The van der Waals surface area contributed by atoms with Gasteiger partial charge in [-0.05, 0) is 124 Å². The van der Waals surface area contributed by atoms with Crippen LogP contribution in [0.1, 0.15) is 95.5 Å². The fraction of sp³-hybridized carbons (Fsp3) is 0.862. The van der Waals surface area contributed by atoms with Gasteiger partial charge in [-0.3, -0.25) is 0 Å². The maximum Gasteiger partial charge on any atom is 0.0937 e. The Bertz CT molecular complexity index is 755. The van der Waals surface area contributed by atoms with Crippen molar-refractivity contribution in [1.82, 2.24) is 4.90 Å². The summed E-state index contributed by atoms with van der Waals surface area (Å²) in [6, 6.07) is 2.25. The molecule has 1 unspecified atom stereocenters. The second kappa shape index (κ2) is 8.77. The zero-order chi connectivity index (χ0) is 21.6. The molecular formula is C29H45NO2. The summed E-state index contributed by atoms with van der Waals surface area (Å²) in [4.78, 5) is 2.60. The fourth-order valence-corrected chi connectivity index (χ4v) is 9.82. The first-order valence-electron chi connectivity index (χ1n) is 14.0. The SMILES string of the molecule is C[C@]12CCCCC1CC[C@H]1[C@@H]3CC[C@@H](c4ccoc4)[C@@]3(COCCN3CCCC3)CC[C@@H]12. The van der Waals surface area contributed by atoms with Crippen molar-refractivity contribution >= 4 is 0 Å². The Morgan fingerprint density at radius 1 is 0.969 bits per heavy atom. The average Bonchev–Trinajstić information content (AvgIpc) is 3.57. The first-order chi connectivity index (χ1) is 15.7. The van der Waals surface area contributed by atoms with Crippen LogP contribution in [0.15, 0.2) is 23.0 Å². The molecule has 1 aromatic heterocycles. The summed E-state index contributed by atoms with van der Waals surface area (Å²) in [5.74, 6) is 4.39. The van der Waals surface area contributed by atoms with E-state index in [-0.39, 0.29) is 0 Å². The summed E-state index contributed by atoms with van der Waals surface area (Å²) >= 11 is 0. The van der Waals surface area contributed by atoms with Crippen molar-refractivity contribution in [2.45, 2.75) is 89.9 Å². The van der Waals surface area contributed by atoms with E-state index in [4.69, 9.17) is 9.15 Å². The molecule has 1 aliphatic heterocycles. The van der Waals surface area contributed by atoms with Crippen LogP contribution in [0, 0.1) is 34.5 Å². The Hall–Kier alpha value is -0.800. The molecule has 1 saturated heterocycles. The van der Waals surface area contributed by atoms with Crippen LogP contribution < -0.4 is 0 Å².